The predicted molar refractivity (Wildman–Crippen MR) is 86.6 cm³/mol. The van der Waals surface area contributed by atoms with Crippen LogP contribution in [0.5, 0.6) is 0 Å². The molecule has 2 aromatic carbocycles. The number of amides is 2. The van der Waals surface area contributed by atoms with Crippen LogP contribution < -0.4 is 10.6 Å². The van der Waals surface area contributed by atoms with Gasteiger partial charge in [-0.25, -0.2) is 13.2 Å². The number of para-hydroxylation sites is 1. The highest BCUT2D eigenvalue weighted by molar-refractivity contribution is 7.91. The number of carbonyl (C=O) groups is 1. The molecule has 0 atom stereocenters. The molecule has 0 unspecified atom stereocenters. The summed E-state index contributed by atoms with van der Waals surface area (Å²) in [6, 6.07) is 13.2. The van der Waals surface area contributed by atoms with E-state index in [1.165, 1.54) is 12.1 Å². The molecule has 2 amide bonds. The van der Waals surface area contributed by atoms with Gasteiger partial charge in [0, 0.05) is 5.69 Å². The Balaban J connectivity index is 1.98. The molecule has 2 aromatic rings. The quantitative estimate of drug-likeness (QED) is 0.910. The Morgan fingerprint density at radius 1 is 1.00 bits per heavy atom. The second-order valence-electron chi connectivity index (χ2n) is 5.02. The van der Waals surface area contributed by atoms with Crippen LogP contribution in [0.2, 0.25) is 0 Å². The van der Waals surface area contributed by atoms with Crippen LogP contribution in [-0.2, 0) is 9.84 Å². The molecule has 0 aliphatic carbocycles. The topological polar surface area (TPSA) is 75.3 Å². The van der Waals surface area contributed by atoms with Crippen molar-refractivity contribution in [3.63, 3.8) is 0 Å². The molecule has 6 heteroatoms. The van der Waals surface area contributed by atoms with Crippen LogP contribution in [0, 0.1) is 13.8 Å². The van der Waals surface area contributed by atoms with Gasteiger partial charge >= 0.3 is 6.03 Å². The molecule has 0 fully saturated rings. The van der Waals surface area contributed by atoms with Gasteiger partial charge < -0.3 is 10.6 Å². The van der Waals surface area contributed by atoms with Gasteiger partial charge in [0.15, 0.2) is 9.84 Å². The molecule has 5 nitrogen and oxygen atoms in total. The highest BCUT2D eigenvalue weighted by Crippen LogP contribution is 2.13. The van der Waals surface area contributed by atoms with Crippen molar-refractivity contribution in [3.8, 4) is 0 Å². The zero-order valence-corrected chi connectivity index (χ0v) is 13.3. The van der Waals surface area contributed by atoms with E-state index in [4.69, 9.17) is 0 Å². The largest absolute Gasteiger partial charge is 0.323 e. The highest BCUT2D eigenvalue weighted by Gasteiger charge is 2.15. The van der Waals surface area contributed by atoms with Crippen molar-refractivity contribution in [2.45, 2.75) is 18.7 Å². The van der Waals surface area contributed by atoms with Crippen molar-refractivity contribution in [1.82, 2.24) is 5.32 Å². The van der Waals surface area contributed by atoms with Crippen LogP contribution in [0.4, 0.5) is 10.5 Å². The molecular formula is C16H18N2O3S. The van der Waals surface area contributed by atoms with E-state index < -0.39 is 21.7 Å². The third-order valence-corrected chi connectivity index (χ3v) is 4.71. The second kappa shape index (κ2) is 6.62. The Hall–Kier alpha value is -2.34. The Labute approximate surface area is 130 Å². The second-order valence-corrected chi connectivity index (χ2v) is 7.01. The summed E-state index contributed by atoms with van der Waals surface area (Å²) in [7, 11) is -3.55. The Morgan fingerprint density at radius 3 is 2.27 bits per heavy atom. The third kappa shape index (κ3) is 4.08. The molecule has 2 rings (SSSR count). The van der Waals surface area contributed by atoms with E-state index in [1.54, 1.807) is 24.3 Å². The van der Waals surface area contributed by atoms with Gasteiger partial charge in [-0.05, 0) is 37.6 Å². The number of nitrogens with one attached hydrogen (secondary N) is 2. The summed E-state index contributed by atoms with van der Waals surface area (Å²) >= 11 is 0. The van der Waals surface area contributed by atoms with E-state index in [1.807, 2.05) is 26.0 Å². The predicted octanol–water partition coefficient (Wildman–Crippen LogP) is 2.86. The van der Waals surface area contributed by atoms with Gasteiger partial charge in [-0.3, -0.25) is 0 Å². The Morgan fingerprint density at radius 2 is 1.64 bits per heavy atom. The summed E-state index contributed by atoms with van der Waals surface area (Å²) in [5, 5.41) is 5.00. The smallest absolute Gasteiger partial charge is 0.320 e. The van der Waals surface area contributed by atoms with E-state index in [0.717, 1.165) is 11.1 Å². The maximum absolute atomic E-state index is 12.1. The number of urea groups is 1. The van der Waals surface area contributed by atoms with Gasteiger partial charge in [-0.1, -0.05) is 35.9 Å². The number of hydrogen-bond acceptors (Lipinski definition) is 3. The highest BCUT2D eigenvalue weighted by atomic mass is 32.2. The first-order chi connectivity index (χ1) is 10.4. The SMILES string of the molecule is Cc1ccc(S(=O)(=O)CNC(=O)Nc2ccccc2C)cc1. The fraction of sp³-hybridized carbons (Fsp3) is 0.188. The zero-order valence-electron chi connectivity index (χ0n) is 12.5. The van der Waals surface area contributed by atoms with E-state index in [2.05, 4.69) is 10.6 Å². The molecule has 116 valence electrons. The summed E-state index contributed by atoms with van der Waals surface area (Å²) in [5.74, 6) is -0.451. The van der Waals surface area contributed by atoms with Crippen LogP contribution in [0.25, 0.3) is 0 Å². The fourth-order valence-corrected chi connectivity index (χ4v) is 2.91. The summed E-state index contributed by atoms with van der Waals surface area (Å²) in [4.78, 5) is 12.0. The van der Waals surface area contributed by atoms with E-state index >= 15 is 0 Å². The number of sulfone groups is 1. The number of benzene rings is 2. The molecule has 0 aliphatic rings. The van der Waals surface area contributed by atoms with Crippen LogP contribution in [0.1, 0.15) is 11.1 Å². The first-order valence-corrected chi connectivity index (χ1v) is 8.43. The van der Waals surface area contributed by atoms with Gasteiger partial charge in [0.25, 0.3) is 0 Å². The lowest BCUT2D eigenvalue weighted by Crippen LogP contribution is -2.33. The van der Waals surface area contributed by atoms with Crippen molar-refractivity contribution in [3.05, 3.63) is 59.7 Å². The van der Waals surface area contributed by atoms with Crippen molar-refractivity contribution < 1.29 is 13.2 Å². The number of rotatable bonds is 4. The zero-order chi connectivity index (χ0) is 16.2. The maximum Gasteiger partial charge on any atom is 0.320 e. The number of hydrogen-bond donors (Lipinski definition) is 2. The molecule has 0 saturated carbocycles. The van der Waals surface area contributed by atoms with Gasteiger partial charge in [0.1, 0.15) is 5.88 Å². The minimum atomic E-state index is -3.55. The van der Waals surface area contributed by atoms with Crippen molar-refractivity contribution in [2.75, 3.05) is 11.2 Å². The van der Waals surface area contributed by atoms with Crippen LogP contribution in [0.3, 0.4) is 0 Å². The van der Waals surface area contributed by atoms with Crippen molar-refractivity contribution in [2.24, 2.45) is 0 Å². The molecule has 0 heterocycles. The number of aryl methyl sites for hydroxylation is 2. The molecule has 0 radical (unpaired) electrons. The summed E-state index contributed by atoms with van der Waals surface area (Å²) < 4.78 is 24.2. The minimum Gasteiger partial charge on any atom is -0.323 e. The first kappa shape index (κ1) is 16.0. The minimum absolute atomic E-state index is 0.189. The van der Waals surface area contributed by atoms with E-state index in [9.17, 15) is 13.2 Å². The molecule has 0 bridgehead atoms. The van der Waals surface area contributed by atoms with Crippen LogP contribution in [-0.4, -0.2) is 20.3 Å². The monoisotopic (exact) mass is 318 g/mol. The Kier molecular flexibility index (Phi) is 4.82. The van der Waals surface area contributed by atoms with Crippen LogP contribution >= 0.6 is 0 Å². The molecule has 0 saturated heterocycles. The number of carbonyl (C=O) groups excluding carboxylic acids is 1. The summed E-state index contributed by atoms with van der Waals surface area (Å²) in [5.41, 5.74) is 2.52. The molecule has 2 N–H and O–H groups in total. The molecular weight excluding hydrogens is 300 g/mol. The van der Waals surface area contributed by atoms with E-state index in [-0.39, 0.29) is 4.90 Å². The maximum atomic E-state index is 12.1. The third-order valence-electron chi connectivity index (χ3n) is 3.20. The normalized spacial score (nSPS) is 11.0. The van der Waals surface area contributed by atoms with E-state index in [0.29, 0.717) is 5.69 Å². The number of anilines is 1. The lowest BCUT2D eigenvalue weighted by Gasteiger charge is -2.10. The van der Waals surface area contributed by atoms with Crippen molar-refractivity contribution in [1.29, 1.82) is 0 Å². The van der Waals surface area contributed by atoms with Crippen molar-refractivity contribution >= 4 is 21.6 Å². The first-order valence-electron chi connectivity index (χ1n) is 6.78. The van der Waals surface area contributed by atoms with Crippen LogP contribution in [0.15, 0.2) is 53.4 Å². The average molecular weight is 318 g/mol. The standard InChI is InChI=1S/C16H18N2O3S/c1-12-7-9-14(10-8-12)22(20,21)11-17-16(19)18-15-6-4-3-5-13(15)2/h3-10H,11H2,1-2H3,(H2,17,18,19). The van der Waals surface area contributed by atoms with Gasteiger partial charge in [0.2, 0.25) is 0 Å². The lowest BCUT2D eigenvalue weighted by molar-refractivity contribution is 0.253. The molecule has 22 heavy (non-hydrogen) atoms. The lowest BCUT2D eigenvalue weighted by atomic mass is 10.2. The average Bonchev–Trinajstić information content (AvgIpc) is 2.48. The van der Waals surface area contributed by atoms with Gasteiger partial charge in [0.05, 0.1) is 4.90 Å². The van der Waals surface area contributed by atoms with Gasteiger partial charge in [-0.15, -0.1) is 0 Å². The summed E-state index contributed by atoms with van der Waals surface area (Å²) in [6.07, 6.45) is 0. The fourth-order valence-electron chi connectivity index (χ4n) is 1.87. The molecule has 0 spiro atoms. The molecule has 0 aliphatic heterocycles. The Bertz CT molecular complexity index is 768. The molecule has 0 aromatic heterocycles. The van der Waals surface area contributed by atoms with Gasteiger partial charge in [-0.2, -0.15) is 0 Å². The summed E-state index contributed by atoms with van der Waals surface area (Å²) in [6.45, 7) is 3.74.